The summed E-state index contributed by atoms with van der Waals surface area (Å²) in [5.41, 5.74) is 0.930. The van der Waals surface area contributed by atoms with Crippen LogP contribution >= 0.6 is 34.2 Å². The number of carbonyl (C=O) groups is 4. The Kier molecular flexibility index (Phi) is 7.33. The number of anilines is 2. The number of hydrogen-bond acceptors (Lipinski definition) is 5. The number of allylic oxidation sites excluding steroid dienone is 2. The van der Waals surface area contributed by atoms with Crippen molar-refractivity contribution in [2.45, 2.75) is 24.2 Å². The SMILES string of the molecule is O=C1[C@H]2[C@H](CC=C3[C@H]2C[C@H]2C(=O)N(c4cccc(Cl)c4)C(=O)[C@@]2(c2ccccc2)[C@H]3c2ccc(O)c(F)c2)C(=O)N1c1ccc(I)cc1. The fraction of sp³-hybridized carbons (Fsp3) is 0.211. The molecule has 240 valence electrons. The van der Waals surface area contributed by atoms with Crippen LogP contribution in [0.4, 0.5) is 15.8 Å². The Morgan fingerprint density at radius 1 is 0.792 bits per heavy atom. The first-order valence-electron chi connectivity index (χ1n) is 15.6. The van der Waals surface area contributed by atoms with Gasteiger partial charge in [-0.15, -0.1) is 0 Å². The van der Waals surface area contributed by atoms with E-state index < -0.39 is 58.4 Å². The van der Waals surface area contributed by atoms with Gasteiger partial charge in [-0.2, -0.15) is 0 Å². The van der Waals surface area contributed by atoms with Crippen molar-refractivity contribution >= 4 is 69.2 Å². The third-order valence-electron chi connectivity index (χ3n) is 10.6. The van der Waals surface area contributed by atoms with Crippen LogP contribution in [0.2, 0.25) is 5.02 Å². The first-order valence-corrected chi connectivity index (χ1v) is 17.1. The van der Waals surface area contributed by atoms with Gasteiger partial charge in [-0.05, 0) is 107 Å². The smallest absolute Gasteiger partial charge is 0.246 e. The Labute approximate surface area is 294 Å². The van der Waals surface area contributed by atoms with Gasteiger partial charge in [0.05, 0.1) is 34.5 Å². The summed E-state index contributed by atoms with van der Waals surface area (Å²) in [6.45, 7) is 0. The van der Waals surface area contributed by atoms with Gasteiger partial charge in [-0.25, -0.2) is 9.29 Å². The fourth-order valence-electron chi connectivity index (χ4n) is 8.67. The van der Waals surface area contributed by atoms with Crippen molar-refractivity contribution in [2.75, 3.05) is 9.80 Å². The van der Waals surface area contributed by atoms with Gasteiger partial charge in [0.1, 0.15) is 0 Å². The molecule has 8 rings (SSSR count). The van der Waals surface area contributed by atoms with Gasteiger partial charge in [-0.3, -0.25) is 24.1 Å². The van der Waals surface area contributed by atoms with E-state index in [9.17, 15) is 19.5 Å². The standard InChI is InChI=1S/C38H27ClFIN2O5/c39-22-7-4-8-25(18-22)43-35(46)29-19-28-26(14-15-27-32(28)36(47)42(34(27)45)24-12-10-23(41)11-13-24)33(20-9-16-31(44)30(40)17-20)38(29,37(43)48)21-5-2-1-3-6-21/h1-14,16-18,27-29,32-33,44H,15,19H2/t27-,28+,29-,32-,33-,38+/m0/s1. The van der Waals surface area contributed by atoms with Gasteiger partial charge in [0.15, 0.2) is 11.6 Å². The van der Waals surface area contributed by atoms with Gasteiger partial charge in [0, 0.05) is 14.5 Å². The average Bonchev–Trinajstić information content (AvgIpc) is 3.47. The number of rotatable bonds is 4. The van der Waals surface area contributed by atoms with Crippen LogP contribution in [0.5, 0.6) is 5.75 Å². The molecule has 10 heteroatoms. The third-order valence-corrected chi connectivity index (χ3v) is 11.5. The quantitative estimate of drug-likeness (QED) is 0.135. The first kappa shape index (κ1) is 31.0. The van der Waals surface area contributed by atoms with Crippen LogP contribution in [-0.4, -0.2) is 28.7 Å². The lowest BCUT2D eigenvalue weighted by Crippen LogP contribution is -2.53. The molecule has 1 saturated carbocycles. The number of phenolic OH excluding ortho intramolecular Hbond substituents is 1. The van der Waals surface area contributed by atoms with Crippen LogP contribution in [0.3, 0.4) is 0 Å². The van der Waals surface area contributed by atoms with Crippen molar-refractivity contribution in [3.63, 3.8) is 0 Å². The van der Waals surface area contributed by atoms with Crippen LogP contribution in [0.1, 0.15) is 29.9 Å². The van der Waals surface area contributed by atoms with Gasteiger partial charge < -0.3 is 5.11 Å². The molecule has 4 aliphatic rings. The van der Waals surface area contributed by atoms with E-state index in [4.69, 9.17) is 11.6 Å². The summed E-state index contributed by atoms with van der Waals surface area (Å²) >= 11 is 8.51. The van der Waals surface area contributed by atoms with Crippen LogP contribution in [0, 0.1) is 33.1 Å². The van der Waals surface area contributed by atoms with Gasteiger partial charge in [0.25, 0.3) is 0 Å². The van der Waals surface area contributed by atoms with E-state index in [-0.39, 0.29) is 24.7 Å². The van der Waals surface area contributed by atoms with Crippen molar-refractivity contribution in [3.05, 3.63) is 134 Å². The molecule has 1 N–H and O–H groups in total. The average molecular weight is 773 g/mol. The lowest BCUT2D eigenvalue weighted by atomic mass is 9.49. The second-order valence-electron chi connectivity index (χ2n) is 12.8. The molecular weight excluding hydrogens is 746 g/mol. The van der Waals surface area contributed by atoms with E-state index in [1.54, 1.807) is 66.7 Å². The summed E-state index contributed by atoms with van der Waals surface area (Å²) < 4.78 is 16.2. The topological polar surface area (TPSA) is 95.0 Å². The van der Waals surface area contributed by atoms with Crippen LogP contribution < -0.4 is 9.80 Å². The number of carbonyl (C=O) groups excluding carboxylic acids is 4. The number of phenols is 1. The van der Waals surface area contributed by atoms with E-state index in [2.05, 4.69) is 22.6 Å². The molecule has 48 heavy (non-hydrogen) atoms. The van der Waals surface area contributed by atoms with E-state index in [0.29, 0.717) is 33.1 Å². The zero-order valence-electron chi connectivity index (χ0n) is 25.2. The normalized spacial score (nSPS) is 27.9. The lowest BCUT2D eigenvalue weighted by Gasteiger charge is -2.50. The Morgan fingerprint density at radius 3 is 2.25 bits per heavy atom. The largest absolute Gasteiger partial charge is 0.505 e. The molecule has 6 atom stereocenters. The maximum Gasteiger partial charge on any atom is 0.246 e. The first-order chi connectivity index (χ1) is 23.1. The molecular formula is C38H27ClFIN2O5. The number of halogens is 3. The summed E-state index contributed by atoms with van der Waals surface area (Å²) in [4.78, 5) is 60.6. The molecule has 4 amide bonds. The maximum atomic E-state index is 15.2. The monoisotopic (exact) mass is 772 g/mol. The Balaban J connectivity index is 1.35. The summed E-state index contributed by atoms with van der Waals surface area (Å²) in [6, 6.07) is 26.7. The third kappa shape index (κ3) is 4.36. The van der Waals surface area contributed by atoms with Crippen LogP contribution in [-0.2, 0) is 24.6 Å². The minimum atomic E-state index is -1.53. The molecule has 0 bridgehead atoms. The number of aromatic hydroxyl groups is 1. The van der Waals surface area contributed by atoms with Crippen LogP contribution in [0.25, 0.3) is 0 Å². The zero-order chi connectivity index (χ0) is 33.5. The lowest BCUT2D eigenvalue weighted by molar-refractivity contribution is -0.127. The van der Waals surface area contributed by atoms with E-state index >= 15 is 9.18 Å². The van der Waals surface area contributed by atoms with E-state index in [1.165, 1.54) is 21.9 Å². The van der Waals surface area contributed by atoms with E-state index in [1.807, 2.05) is 24.3 Å². The number of amides is 4. The highest BCUT2D eigenvalue weighted by Gasteiger charge is 2.70. The second-order valence-corrected chi connectivity index (χ2v) is 14.5. The van der Waals surface area contributed by atoms with Crippen molar-refractivity contribution < 1.29 is 28.7 Å². The highest BCUT2D eigenvalue weighted by molar-refractivity contribution is 14.1. The molecule has 3 fully saturated rings. The minimum Gasteiger partial charge on any atom is -0.505 e. The summed E-state index contributed by atoms with van der Waals surface area (Å²) in [5, 5.41) is 10.5. The number of fused-ring (bicyclic) bond motifs is 4. The Bertz CT molecular complexity index is 2070. The molecule has 0 radical (unpaired) electrons. The maximum absolute atomic E-state index is 15.2. The summed E-state index contributed by atoms with van der Waals surface area (Å²) in [7, 11) is 0. The summed E-state index contributed by atoms with van der Waals surface area (Å²) in [6.07, 6.45) is 2.29. The second kappa shape index (κ2) is 11.4. The Hall–Kier alpha value is -4.35. The molecule has 0 spiro atoms. The van der Waals surface area contributed by atoms with Crippen molar-refractivity contribution in [1.29, 1.82) is 0 Å². The predicted molar refractivity (Wildman–Crippen MR) is 186 cm³/mol. The molecule has 2 aliphatic carbocycles. The number of nitrogens with zero attached hydrogens (tertiary/aromatic N) is 2. The molecule has 4 aromatic carbocycles. The molecule has 0 unspecified atom stereocenters. The number of imide groups is 2. The van der Waals surface area contributed by atoms with Gasteiger partial charge >= 0.3 is 0 Å². The minimum absolute atomic E-state index is 0.125. The van der Waals surface area contributed by atoms with Crippen LogP contribution in [0.15, 0.2) is 109 Å². The van der Waals surface area contributed by atoms with Crippen molar-refractivity contribution in [3.8, 4) is 5.75 Å². The van der Waals surface area contributed by atoms with Gasteiger partial charge in [0.2, 0.25) is 23.6 Å². The molecule has 2 aliphatic heterocycles. The summed E-state index contributed by atoms with van der Waals surface area (Å²) in [5.74, 6) is -6.90. The van der Waals surface area contributed by atoms with Crippen molar-refractivity contribution in [1.82, 2.24) is 0 Å². The molecule has 4 aromatic rings. The fourth-order valence-corrected chi connectivity index (χ4v) is 9.21. The number of benzene rings is 4. The van der Waals surface area contributed by atoms with Gasteiger partial charge in [-0.1, -0.05) is 65.7 Å². The molecule has 2 saturated heterocycles. The highest BCUT2D eigenvalue weighted by atomic mass is 127. The number of hydrogen-bond donors (Lipinski definition) is 1. The zero-order valence-corrected chi connectivity index (χ0v) is 28.1. The Morgan fingerprint density at radius 2 is 1.54 bits per heavy atom. The van der Waals surface area contributed by atoms with Crippen molar-refractivity contribution in [2.24, 2.45) is 23.7 Å². The van der Waals surface area contributed by atoms with E-state index in [0.717, 1.165) is 3.57 Å². The molecule has 7 nitrogen and oxygen atoms in total. The molecule has 0 aromatic heterocycles. The predicted octanol–water partition coefficient (Wildman–Crippen LogP) is 7.16. The highest BCUT2D eigenvalue weighted by Crippen LogP contribution is 2.64. The molecule has 2 heterocycles.